The molecule has 0 aliphatic carbocycles. The van der Waals surface area contributed by atoms with Crippen LogP contribution in [0.2, 0.25) is 0 Å². The lowest BCUT2D eigenvalue weighted by Crippen LogP contribution is -2.44. The lowest BCUT2D eigenvalue weighted by molar-refractivity contribution is -0.139. The third kappa shape index (κ3) is 9.15. The molecule has 1 fully saturated rings. The van der Waals surface area contributed by atoms with E-state index in [9.17, 15) is 9.59 Å². The number of hydrogen-bond donors (Lipinski definition) is 2. The van der Waals surface area contributed by atoms with Crippen LogP contribution in [0.5, 0.6) is 0 Å². The van der Waals surface area contributed by atoms with Gasteiger partial charge < -0.3 is 4.74 Å². The first-order valence-electron chi connectivity index (χ1n) is 8.90. The number of esters is 1. The Morgan fingerprint density at radius 1 is 1.09 bits per heavy atom. The molecule has 22 heavy (non-hydrogen) atoms. The van der Waals surface area contributed by atoms with Crippen molar-refractivity contribution in [3.8, 4) is 0 Å². The van der Waals surface area contributed by atoms with E-state index in [2.05, 4.69) is 17.8 Å². The van der Waals surface area contributed by atoms with Gasteiger partial charge in [0.15, 0.2) is 0 Å². The molecule has 0 aromatic rings. The van der Waals surface area contributed by atoms with E-state index in [1.54, 1.807) is 0 Å². The molecule has 0 bridgehead atoms. The molecule has 0 radical (unpaired) electrons. The summed E-state index contributed by atoms with van der Waals surface area (Å²) >= 11 is 0. The highest BCUT2D eigenvalue weighted by Gasteiger charge is 2.25. The summed E-state index contributed by atoms with van der Waals surface area (Å²) in [6, 6.07) is -0.261. The Kier molecular flexibility index (Phi) is 10.9. The second-order valence-corrected chi connectivity index (χ2v) is 6.09. The lowest BCUT2D eigenvalue weighted by atomic mass is 10.1. The van der Waals surface area contributed by atoms with E-state index in [1.165, 1.54) is 38.5 Å². The lowest BCUT2D eigenvalue weighted by Gasteiger charge is -2.09. The quantitative estimate of drug-likeness (QED) is 0.293. The predicted octanol–water partition coefficient (Wildman–Crippen LogP) is 2.89. The van der Waals surface area contributed by atoms with Crippen molar-refractivity contribution in [1.82, 2.24) is 10.9 Å². The number of unbranched alkanes of at least 4 members (excludes halogenated alkanes) is 7. The van der Waals surface area contributed by atoms with Crippen LogP contribution in [-0.2, 0) is 14.3 Å². The van der Waals surface area contributed by atoms with E-state index in [0.29, 0.717) is 38.2 Å². The number of carbonyl (C=O) groups excluding carboxylic acids is 2. The molecular weight excluding hydrogens is 280 g/mol. The van der Waals surface area contributed by atoms with Crippen molar-refractivity contribution in [3.05, 3.63) is 0 Å². The van der Waals surface area contributed by atoms with Crippen molar-refractivity contribution in [2.24, 2.45) is 0 Å². The number of Topliss-reactive ketones (excluding diaryl/α,β-unsaturated/α-hetero) is 1. The number of cyclic esters (lactones) is 1. The van der Waals surface area contributed by atoms with Gasteiger partial charge in [-0.3, -0.25) is 15.0 Å². The highest BCUT2D eigenvalue weighted by molar-refractivity contribution is 5.78. The summed E-state index contributed by atoms with van der Waals surface area (Å²) in [5, 5.41) is 0. The van der Waals surface area contributed by atoms with Crippen LogP contribution in [0.15, 0.2) is 0 Å². The number of ether oxygens (including phenoxy) is 1. The number of carbonyl (C=O) groups is 2. The average Bonchev–Trinajstić information content (AvgIpc) is 2.92. The smallest absolute Gasteiger partial charge is 0.324 e. The molecule has 0 aromatic carbocycles. The number of hydrogen-bond acceptors (Lipinski definition) is 5. The van der Waals surface area contributed by atoms with Gasteiger partial charge >= 0.3 is 5.97 Å². The zero-order valence-corrected chi connectivity index (χ0v) is 14.0. The van der Waals surface area contributed by atoms with Crippen LogP contribution in [0.1, 0.15) is 77.6 Å². The number of hydrazine groups is 1. The molecule has 1 aliphatic heterocycles. The summed E-state index contributed by atoms with van der Waals surface area (Å²) < 4.78 is 4.84. The first-order chi connectivity index (χ1) is 10.7. The first-order valence-corrected chi connectivity index (χ1v) is 8.90. The molecule has 1 aliphatic rings. The topological polar surface area (TPSA) is 67.4 Å². The van der Waals surface area contributed by atoms with E-state index in [1.807, 2.05) is 0 Å². The maximum absolute atomic E-state index is 11.7. The minimum atomic E-state index is -0.261. The van der Waals surface area contributed by atoms with Gasteiger partial charge in [0.2, 0.25) is 0 Å². The molecule has 1 atom stereocenters. The van der Waals surface area contributed by atoms with Crippen LogP contribution in [-0.4, -0.2) is 30.9 Å². The summed E-state index contributed by atoms with van der Waals surface area (Å²) in [6.45, 7) is 3.28. The van der Waals surface area contributed by atoms with Crippen LogP contribution < -0.4 is 10.9 Å². The van der Waals surface area contributed by atoms with E-state index in [4.69, 9.17) is 4.74 Å². The second-order valence-electron chi connectivity index (χ2n) is 6.09. The molecular formula is C17H32N2O3. The second kappa shape index (κ2) is 12.6. The molecule has 1 saturated heterocycles. The molecule has 5 heteroatoms. The van der Waals surface area contributed by atoms with Gasteiger partial charge in [0, 0.05) is 25.8 Å². The van der Waals surface area contributed by atoms with E-state index >= 15 is 0 Å². The third-order valence-corrected chi connectivity index (χ3v) is 4.05. The van der Waals surface area contributed by atoms with Gasteiger partial charge in [-0.15, -0.1) is 0 Å². The molecule has 0 amide bonds. The Balaban J connectivity index is 1.84. The monoisotopic (exact) mass is 312 g/mol. The Morgan fingerprint density at radius 3 is 2.41 bits per heavy atom. The predicted molar refractivity (Wildman–Crippen MR) is 87.4 cm³/mol. The van der Waals surface area contributed by atoms with Crippen LogP contribution in [0.4, 0.5) is 0 Å². The van der Waals surface area contributed by atoms with Gasteiger partial charge in [-0.1, -0.05) is 51.9 Å². The summed E-state index contributed by atoms with van der Waals surface area (Å²) in [5.41, 5.74) is 5.86. The Bertz CT molecular complexity index is 321. The van der Waals surface area contributed by atoms with Crippen molar-refractivity contribution in [1.29, 1.82) is 0 Å². The average molecular weight is 312 g/mol. The molecule has 0 spiro atoms. The van der Waals surface area contributed by atoms with Crippen LogP contribution in [0, 0.1) is 0 Å². The van der Waals surface area contributed by atoms with Gasteiger partial charge in [0.25, 0.3) is 0 Å². The zero-order chi connectivity index (χ0) is 16.0. The Labute approximate surface area is 134 Å². The molecule has 0 aromatic heterocycles. The van der Waals surface area contributed by atoms with Gasteiger partial charge in [-0.25, -0.2) is 5.43 Å². The summed E-state index contributed by atoms with van der Waals surface area (Å²) in [4.78, 5) is 22.9. The molecule has 1 unspecified atom stereocenters. The molecule has 1 rings (SSSR count). The highest BCUT2D eigenvalue weighted by Crippen LogP contribution is 2.10. The third-order valence-electron chi connectivity index (χ3n) is 4.05. The maximum Gasteiger partial charge on any atom is 0.324 e. The summed E-state index contributed by atoms with van der Waals surface area (Å²) in [6.07, 6.45) is 11.9. The van der Waals surface area contributed by atoms with Gasteiger partial charge in [0.1, 0.15) is 11.8 Å². The molecule has 0 saturated carbocycles. The fourth-order valence-corrected chi connectivity index (χ4v) is 2.61. The van der Waals surface area contributed by atoms with Gasteiger partial charge in [-0.05, 0) is 6.42 Å². The number of rotatable bonds is 14. The molecule has 5 nitrogen and oxygen atoms in total. The van der Waals surface area contributed by atoms with Crippen molar-refractivity contribution >= 4 is 11.8 Å². The highest BCUT2D eigenvalue weighted by atomic mass is 16.5. The van der Waals surface area contributed by atoms with Crippen molar-refractivity contribution < 1.29 is 14.3 Å². The largest absolute Gasteiger partial charge is 0.464 e. The zero-order valence-electron chi connectivity index (χ0n) is 14.0. The fourth-order valence-electron chi connectivity index (χ4n) is 2.61. The molecule has 2 N–H and O–H groups in total. The van der Waals surface area contributed by atoms with Crippen LogP contribution >= 0.6 is 0 Å². The van der Waals surface area contributed by atoms with E-state index in [-0.39, 0.29) is 12.0 Å². The van der Waals surface area contributed by atoms with E-state index in [0.717, 1.165) is 12.8 Å². The maximum atomic E-state index is 11.7. The summed E-state index contributed by atoms with van der Waals surface area (Å²) in [5.74, 6) is 0.0899. The number of ketones is 1. The minimum Gasteiger partial charge on any atom is -0.464 e. The summed E-state index contributed by atoms with van der Waals surface area (Å²) in [7, 11) is 0. The van der Waals surface area contributed by atoms with Crippen molar-refractivity contribution in [2.45, 2.75) is 83.6 Å². The van der Waals surface area contributed by atoms with Crippen molar-refractivity contribution in [3.63, 3.8) is 0 Å². The van der Waals surface area contributed by atoms with Crippen LogP contribution in [0.25, 0.3) is 0 Å². The van der Waals surface area contributed by atoms with Crippen molar-refractivity contribution in [2.75, 3.05) is 13.2 Å². The van der Waals surface area contributed by atoms with E-state index < -0.39 is 0 Å². The Morgan fingerprint density at radius 2 is 1.77 bits per heavy atom. The fraction of sp³-hybridized carbons (Fsp3) is 0.882. The SMILES string of the molecule is CCCCCCCCCCC(=O)CCNNC1CCOC1=O. The number of nitrogens with one attached hydrogen (secondary N) is 2. The molecule has 128 valence electrons. The van der Waals surface area contributed by atoms with Crippen LogP contribution in [0.3, 0.4) is 0 Å². The Hall–Kier alpha value is -0.940. The first kappa shape index (κ1) is 19.1. The van der Waals surface area contributed by atoms with Gasteiger partial charge in [0.05, 0.1) is 6.61 Å². The standard InChI is InChI=1S/C17H32N2O3/c1-2-3-4-5-6-7-8-9-10-15(20)11-13-18-19-16-12-14-22-17(16)21/h16,18-19H,2-14H2,1H3. The normalized spacial score (nSPS) is 17.7. The van der Waals surface area contributed by atoms with Gasteiger partial charge in [-0.2, -0.15) is 0 Å². The minimum absolute atomic E-state index is 0.210. The molecule has 1 heterocycles.